The van der Waals surface area contributed by atoms with Crippen molar-refractivity contribution >= 4 is 0 Å². The van der Waals surface area contributed by atoms with Gasteiger partial charge in [-0.25, -0.2) is 0 Å². The lowest BCUT2D eigenvalue weighted by Crippen LogP contribution is -2.30. The molecule has 0 aromatic carbocycles. The molecule has 0 aromatic heterocycles. The third-order valence-electron chi connectivity index (χ3n) is 4.20. The summed E-state index contributed by atoms with van der Waals surface area (Å²) in [5, 5.41) is 3.83. The van der Waals surface area contributed by atoms with Crippen LogP contribution >= 0.6 is 0 Å². The van der Waals surface area contributed by atoms with E-state index in [1.165, 1.54) is 83.6 Å². The first-order chi connectivity index (χ1) is 8.86. The van der Waals surface area contributed by atoms with E-state index in [0.29, 0.717) is 0 Å². The molecule has 1 rings (SSSR count). The van der Waals surface area contributed by atoms with E-state index in [-0.39, 0.29) is 0 Å². The zero-order chi connectivity index (χ0) is 13.1. The van der Waals surface area contributed by atoms with Gasteiger partial charge >= 0.3 is 0 Å². The predicted molar refractivity (Wildman–Crippen MR) is 82.0 cm³/mol. The molecule has 1 aliphatic carbocycles. The fourth-order valence-electron chi connectivity index (χ4n) is 2.64. The molecule has 0 heterocycles. The molecule has 0 amide bonds. The first kappa shape index (κ1) is 16.0. The zero-order valence-electron chi connectivity index (χ0n) is 12.8. The predicted octanol–water partition coefficient (Wildman–Crippen LogP) is 5.30. The molecule has 1 unspecified atom stereocenters. The first-order valence-electron chi connectivity index (χ1n) is 8.60. The van der Waals surface area contributed by atoms with Crippen molar-refractivity contribution < 1.29 is 0 Å². The smallest absolute Gasteiger partial charge is 0.00671 e. The summed E-state index contributed by atoms with van der Waals surface area (Å²) in [6.07, 6.45) is 17.1. The highest BCUT2D eigenvalue weighted by Crippen LogP contribution is 2.28. The summed E-state index contributed by atoms with van der Waals surface area (Å²) < 4.78 is 0. The third-order valence-corrected chi connectivity index (χ3v) is 4.20. The lowest BCUT2D eigenvalue weighted by molar-refractivity contribution is 0.409. The van der Waals surface area contributed by atoms with Crippen LogP contribution in [0.15, 0.2) is 0 Å². The molecular weight excluding hydrogens is 218 g/mol. The number of hydrogen-bond acceptors (Lipinski definition) is 1. The molecule has 0 bridgehead atoms. The molecule has 1 fully saturated rings. The van der Waals surface area contributed by atoms with Crippen LogP contribution in [-0.2, 0) is 0 Å². The van der Waals surface area contributed by atoms with Crippen LogP contribution in [0.3, 0.4) is 0 Å². The fraction of sp³-hybridized carbons (Fsp3) is 1.00. The Balaban J connectivity index is 2.03. The van der Waals surface area contributed by atoms with Crippen molar-refractivity contribution in [1.82, 2.24) is 5.32 Å². The van der Waals surface area contributed by atoms with Crippen molar-refractivity contribution in [3.63, 3.8) is 0 Å². The summed E-state index contributed by atoms with van der Waals surface area (Å²) in [6, 6.07) is 0.818. The molecule has 1 N–H and O–H groups in total. The van der Waals surface area contributed by atoms with Crippen LogP contribution in [-0.4, -0.2) is 12.6 Å². The molecule has 1 atom stereocenters. The maximum atomic E-state index is 3.83. The average molecular weight is 253 g/mol. The van der Waals surface area contributed by atoms with Gasteiger partial charge in [0.05, 0.1) is 0 Å². The second kappa shape index (κ2) is 10.8. The largest absolute Gasteiger partial charge is 0.314 e. The van der Waals surface area contributed by atoms with Crippen molar-refractivity contribution in [2.75, 3.05) is 6.54 Å². The normalized spacial score (nSPS) is 17.0. The standard InChI is InChI=1S/C17H35N/c1-3-5-7-8-10-12-17(11-9-6-4-2)18-15-16-13-14-16/h16-18H,3-15H2,1-2H3. The molecule has 1 aliphatic rings. The Hall–Kier alpha value is -0.0400. The van der Waals surface area contributed by atoms with Crippen molar-refractivity contribution in [1.29, 1.82) is 0 Å². The summed E-state index contributed by atoms with van der Waals surface area (Å²) in [6.45, 7) is 5.90. The van der Waals surface area contributed by atoms with Gasteiger partial charge in [0.1, 0.15) is 0 Å². The summed E-state index contributed by atoms with van der Waals surface area (Å²) in [5.41, 5.74) is 0. The van der Waals surface area contributed by atoms with Gasteiger partial charge in [-0.2, -0.15) is 0 Å². The maximum absolute atomic E-state index is 3.83. The van der Waals surface area contributed by atoms with Crippen molar-refractivity contribution in [2.45, 2.75) is 96.9 Å². The van der Waals surface area contributed by atoms with E-state index in [9.17, 15) is 0 Å². The van der Waals surface area contributed by atoms with Crippen LogP contribution in [0.25, 0.3) is 0 Å². The van der Waals surface area contributed by atoms with Gasteiger partial charge in [0.25, 0.3) is 0 Å². The Kier molecular flexibility index (Phi) is 9.65. The van der Waals surface area contributed by atoms with Crippen molar-refractivity contribution in [2.24, 2.45) is 5.92 Å². The highest BCUT2D eigenvalue weighted by Gasteiger charge is 2.21. The first-order valence-corrected chi connectivity index (χ1v) is 8.60. The Labute approximate surface area is 115 Å². The van der Waals surface area contributed by atoms with E-state index < -0.39 is 0 Å². The van der Waals surface area contributed by atoms with E-state index in [2.05, 4.69) is 19.2 Å². The molecule has 0 radical (unpaired) electrons. The fourth-order valence-corrected chi connectivity index (χ4v) is 2.64. The van der Waals surface area contributed by atoms with E-state index in [0.717, 1.165) is 12.0 Å². The van der Waals surface area contributed by atoms with Crippen LogP contribution in [0.2, 0.25) is 0 Å². The Morgan fingerprint density at radius 2 is 1.39 bits per heavy atom. The van der Waals surface area contributed by atoms with Crippen LogP contribution in [0, 0.1) is 5.92 Å². The van der Waals surface area contributed by atoms with E-state index in [4.69, 9.17) is 0 Å². The van der Waals surface area contributed by atoms with E-state index in [1.807, 2.05) is 0 Å². The molecule has 1 heteroatoms. The molecule has 0 saturated heterocycles. The minimum Gasteiger partial charge on any atom is -0.314 e. The second-order valence-corrected chi connectivity index (χ2v) is 6.25. The van der Waals surface area contributed by atoms with Crippen LogP contribution in [0.1, 0.15) is 90.9 Å². The number of unbranched alkanes of at least 4 members (excludes halogenated alkanes) is 6. The Bertz CT molecular complexity index is 174. The summed E-state index contributed by atoms with van der Waals surface area (Å²) in [4.78, 5) is 0. The molecule has 108 valence electrons. The van der Waals surface area contributed by atoms with Gasteiger partial charge in [0, 0.05) is 6.04 Å². The summed E-state index contributed by atoms with van der Waals surface area (Å²) in [7, 11) is 0. The zero-order valence-corrected chi connectivity index (χ0v) is 12.8. The molecular formula is C17H35N. The van der Waals surface area contributed by atoms with Crippen LogP contribution < -0.4 is 5.32 Å². The van der Waals surface area contributed by atoms with Gasteiger partial charge < -0.3 is 5.32 Å². The van der Waals surface area contributed by atoms with Gasteiger partial charge in [-0.15, -0.1) is 0 Å². The third kappa shape index (κ3) is 8.97. The molecule has 0 spiro atoms. The number of rotatable bonds is 13. The van der Waals surface area contributed by atoms with Crippen molar-refractivity contribution in [3.05, 3.63) is 0 Å². The van der Waals surface area contributed by atoms with E-state index in [1.54, 1.807) is 0 Å². The monoisotopic (exact) mass is 253 g/mol. The summed E-state index contributed by atoms with van der Waals surface area (Å²) in [5.74, 6) is 1.03. The lowest BCUT2D eigenvalue weighted by Gasteiger charge is -2.18. The SMILES string of the molecule is CCCCCCCC(CCCCC)NCC1CC1. The van der Waals surface area contributed by atoms with Gasteiger partial charge in [0.2, 0.25) is 0 Å². The Morgan fingerprint density at radius 3 is 2.00 bits per heavy atom. The average Bonchev–Trinajstić information content (AvgIpc) is 3.19. The summed E-state index contributed by atoms with van der Waals surface area (Å²) >= 11 is 0. The quantitative estimate of drug-likeness (QED) is 0.439. The lowest BCUT2D eigenvalue weighted by atomic mass is 10.0. The van der Waals surface area contributed by atoms with Gasteiger partial charge in [-0.3, -0.25) is 0 Å². The Morgan fingerprint density at radius 1 is 0.833 bits per heavy atom. The van der Waals surface area contributed by atoms with Gasteiger partial charge in [0.15, 0.2) is 0 Å². The topological polar surface area (TPSA) is 12.0 Å². The van der Waals surface area contributed by atoms with Crippen molar-refractivity contribution in [3.8, 4) is 0 Å². The second-order valence-electron chi connectivity index (χ2n) is 6.25. The highest BCUT2D eigenvalue weighted by molar-refractivity contribution is 4.78. The maximum Gasteiger partial charge on any atom is 0.00671 e. The molecule has 18 heavy (non-hydrogen) atoms. The molecule has 1 saturated carbocycles. The van der Waals surface area contributed by atoms with Gasteiger partial charge in [-0.05, 0) is 38.1 Å². The number of nitrogens with one attached hydrogen (secondary N) is 1. The minimum atomic E-state index is 0.818. The molecule has 1 nitrogen and oxygen atoms in total. The molecule has 0 aliphatic heterocycles. The van der Waals surface area contributed by atoms with Gasteiger partial charge in [-0.1, -0.05) is 65.2 Å². The van der Waals surface area contributed by atoms with E-state index >= 15 is 0 Å². The highest BCUT2D eigenvalue weighted by atomic mass is 14.9. The molecule has 0 aromatic rings. The minimum absolute atomic E-state index is 0.818. The number of hydrogen-bond donors (Lipinski definition) is 1. The van der Waals surface area contributed by atoms with Crippen LogP contribution in [0.4, 0.5) is 0 Å². The van der Waals surface area contributed by atoms with Crippen LogP contribution in [0.5, 0.6) is 0 Å².